The molecule has 0 aliphatic heterocycles. The zero-order valence-corrected chi connectivity index (χ0v) is 14.9. The van der Waals surface area contributed by atoms with Crippen molar-refractivity contribution in [2.75, 3.05) is 38.7 Å². The molecule has 0 aromatic heterocycles. The van der Waals surface area contributed by atoms with Crippen LogP contribution in [0.25, 0.3) is 0 Å². The Labute approximate surface area is 139 Å². The predicted octanol–water partition coefficient (Wildman–Crippen LogP) is 1.99. The van der Waals surface area contributed by atoms with Crippen molar-refractivity contribution >= 4 is 23.6 Å². The second-order valence-corrected chi connectivity index (χ2v) is 6.82. The van der Waals surface area contributed by atoms with Gasteiger partial charge in [-0.1, -0.05) is 12.8 Å². The highest BCUT2D eigenvalue weighted by Crippen LogP contribution is 2.27. The van der Waals surface area contributed by atoms with Gasteiger partial charge < -0.3 is 16.0 Å². The molecule has 0 atom stereocenters. The quantitative estimate of drug-likeness (QED) is 0.326. The molecule has 1 fully saturated rings. The van der Waals surface area contributed by atoms with Gasteiger partial charge >= 0.3 is 0 Å². The molecule has 1 rings (SSSR count). The fraction of sp³-hybridized carbons (Fsp3) is 0.875. The molecule has 1 saturated carbocycles. The van der Waals surface area contributed by atoms with E-state index in [1.165, 1.54) is 37.9 Å². The number of nitrogens with one attached hydrogen (secondary N) is 3. The third-order valence-corrected chi connectivity index (χ3v) is 4.68. The van der Waals surface area contributed by atoms with E-state index in [1.54, 1.807) is 7.05 Å². The number of amides is 1. The first-order chi connectivity index (χ1) is 10.8. The Morgan fingerprint density at radius 1 is 1.09 bits per heavy atom. The molecule has 128 valence electrons. The van der Waals surface area contributed by atoms with E-state index in [0.29, 0.717) is 25.4 Å². The number of unbranched alkanes of at least 4 members (excludes halogenated alkanes) is 1. The van der Waals surface area contributed by atoms with Gasteiger partial charge in [-0.2, -0.15) is 11.8 Å². The van der Waals surface area contributed by atoms with Crippen molar-refractivity contribution in [3.8, 4) is 0 Å². The van der Waals surface area contributed by atoms with Crippen molar-refractivity contribution in [1.29, 1.82) is 0 Å². The van der Waals surface area contributed by atoms with E-state index in [2.05, 4.69) is 27.2 Å². The number of aliphatic imine (C=N–C) groups is 1. The summed E-state index contributed by atoms with van der Waals surface area (Å²) in [6, 6.07) is 0. The van der Waals surface area contributed by atoms with Crippen LogP contribution >= 0.6 is 11.8 Å². The van der Waals surface area contributed by atoms with E-state index in [0.717, 1.165) is 18.9 Å². The van der Waals surface area contributed by atoms with E-state index in [-0.39, 0.29) is 5.91 Å². The Morgan fingerprint density at radius 2 is 1.77 bits per heavy atom. The van der Waals surface area contributed by atoms with Crippen molar-refractivity contribution < 1.29 is 4.79 Å². The lowest BCUT2D eigenvalue weighted by Crippen LogP contribution is -2.42. The normalized spacial score (nSPS) is 15.8. The Hall–Kier alpha value is -0.910. The molecule has 0 spiro atoms. The minimum Gasteiger partial charge on any atom is -0.356 e. The van der Waals surface area contributed by atoms with E-state index in [4.69, 9.17) is 0 Å². The van der Waals surface area contributed by atoms with Crippen LogP contribution in [-0.4, -0.2) is 50.6 Å². The topological polar surface area (TPSA) is 65.5 Å². The van der Waals surface area contributed by atoms with Gasteiger partial charge in [0.1, 0.15) is 0 Å². The van der Waals surface area contributed by atoms with E-state index < -0.39 is 0 Å². The van der Waals surface area contributed by atoms with Crippen LogP contribution in [0.1, 0.15) is 44.9 Å². The second-order valence-electron chi connectivity index (χ2n) is 5.83. The molecule has 0 bridgehead atoms. The summed E-state index contributed by atoms with van der Waals surface area (Å²) in [5, 5.41) is 9.51. The maximum atomic E-state index is 11.8. The summed E-state index contributed by atoms with van der Waals surface area (Å²) in [6.07, 6.45) is 10.2. The summed E-state index contributed by atoms with van der Waals surface area (Å²) in [7, 11) is 1.77. The molecule has 0 saturated heterocycles. The Bertz CT molecular complexity index is 330. The van der Waals surface area contributed by atoms with Crippen LogP contribution in [0.5, 0.6) is 0 Å². The molecule has 0 radical (unpaired) electrons. The minimum absolute atomic E-state index is 0.189. The largest absolute Gasteiger partial charge is 0.356 e. The molecule has 0 unspecified atom stereocenters. The monoisotopic (exact) mass is 328 g/mol. The molecule has 0 aromatic carbocycles. The predicted molar refractivity (Wildman–Crippen MR) is 96.6 cm³/mol. The third kappa shape index (κ3) is 9.18. The van der Waals surface area contributed by atoms with Crippen LogP contribution in [-0.2, 0) is 4.79 Å². The SMILES string of the molecule is CN=C(NCCCCSC)NCCNC(=O)CC1CCCC1. The fourth-order valence-electron chi connectivity index (χ4n) is 2.73. The zero-order chi connectivity index (χ0) is 16.0. The number of thioether (sulfide) groups is 1. The highest BCUT2D eigenvalue weighted by molar-refractivity contribution is 7.98. The molecule has 0 aromatic rings. The molecule has 1 amide bonds. The van der Waals surface area contributed by atoms with Gasteiger partial charge in [-0.15, -0.1) is 0 Å². The van der Waals surface area contributed by atoms with Crippen molar-refractivity contribution in [1.82, 2.24) is 16.0 Å². The number of hydrogen-bond donors (Lipinski definition) is 3. The number of hydrogen-bond acceptors (Lipinski definition) is 3. The summed E-state index contributed by atoms with van der Waals surface area (Å²) < 4.78 is 0. The van der Waals surface area contributed by atoms with Crippen molar-refractivity contribution in [2.45, 2.75) is 44.9 Å². The molecule has 5 nitrogen and oxygen atoms in total. The summed E-state index contributed by atoms with van der Waals surface area (Å²) in [5.74, 6) is 2.83. The highest BCUT2D eigenvalue weighted by Gasteiger charge is 2.17. The second kappa shape index (κ2) is 12.6. The van der Waals surface area contributed by atoms with Gasteiger partial charge in [0, 0.05) is 33.1 Å². The molecule has 1 aliphatic rings. The molecule has 1 aliphatic carbocycles. The van der Waals surface area contributed by atoms with Crippen LogP contribution < -0.4 is 16.0 Å². The van der Waals surface area contributed by atoms with E-state index in [9.17, 15) is 4.79 Å². The first kappa shape index (κ1) is 19.1. The lowest BCUT2D eigenvalue weighted by Gasteiger charge is -2.13. The van der Waals surface area contributed by atoms with Crippen LogP contribution in [0.2, 0.25) is 0 Å². The molecule has 0 heterocycles. The lowest BCUT2D eigenvalue weighted by molar-refractivity contribution is -0.121. The summed E-state index contributed by atoms with van der Waals surface area (Å²) in [4.78, 5) is 16.0. The average Bonchev–Trinajstić information content (AvgIpc) is 3.02. The van der Waals surface area contributed by atoms with Gasteiger partial charge in [0.05, 0.1) is 0 Å². The Kier molecular flexibility index (Phi) is 11.0. The Morgan fingerprint density at radius 3 is 2.45 bits per heavy atom. The van der Waals surface area contributed by atoms with Crippen LogP contribution in [0.15, 0.2) is 4.99 Å². The third-order valence-electron chi connectivity index (χ3n) is 3.98. The molecular weight excluding hydrogens is 296 g/mol. The standard InChI is InChI=1S/C16H32N4OS/c1-17-16(19-9-5-6-12-22-2)20-11-10-18-15(21)13-14-7-3-4-8-14/h14H,3-13H2,1-2H3,(H,18,21)(H2,17,19,20). The highest BCUT2D eigenvalue weighted by atomic mass is 32.2. The van der Waals surface area contributed by atoms with Crippen molar-refractivity contribution in [3.63, 3.8) is 0 Å². The van der Waals surface area contributed by atoms with Crippen molar-refractivity contribution in [3.05, 3.63) is 0 Å². The van der Waals surface area contributed by atoms with Gasteiger partial charge in [-0.3, -0.25) is 9.79 Å². The van der Waals surface area contributed by atoms with Gasteiger partial charge in [-0.25, -0.2) is 0 Å². The minimum atomic E-state index is 0.189. The maximum absolute atomic E-state index is 11.8. The molecular formula is C16H32N4OS. The molecule has 22 heavy (non-hydrogen) atoms. The van der Waals surface area contributed by atoms with E-state index in [1.807, 2.05) is 11.8 Å². The van der Waals surface area contributed by atoms with Crippen LogP contribution in [0.3, 0.4) is 0 Å². The van der Waals surface area contributed by atoms with Gasteiger partial charge in [-0.05, 0) is 43.6 Å². The summed E-state index contributed by atoms with van der Waals surface area (Å²) in [5.41, 5.74) is 0. The number of carbonyl (C=O) groups excluding carboxylic acids is 1. The van der Waals surface area contributed by atoms with Gasteiger partial charge in [0.2, 0.25) is 5.91 Å². The van der Waals surface area contributed by atoms with E-state index >= 15 is 0 Å². The summed E-state index contributed by atoms with van der Waals surface area (Å²) in [6.45, 7) is 2.30. The van der Waals surface area contributed by atoms with Gasteiger partial charge in [0.25, 0.3) is 0 Å². The van der Waals surface area contributed by atoms with Gasteiger partial charge in [0.15, 0.2) is 5.96 Å². The zero-order valence-electron chi connectivity index (χ0n) is 14.1. The molecule has 6 heteroatoms. The van der Waals surface area contributed by atoms with Crippen LogP contribution in [0, 0.1) is 5.92 Å². The lowest BCUT2D eigenvalue weighted by atomic mass is 10.0. The summed E-state index contributed by atoms with van der Waals surface area (Å²) >= 11 is 1.88. The maximum Gasteiger partial charge on any atom is 0.220 e. The first-order valence-corrected chi connectivity index (χ1v) is 9.85. The number of rotatable bonds is 10. The average molecular weight is 329 g/mol. The Balaban J connectivity index is 2.00. The smallest absolute Gasteiger partial charge is 0.220 e. The van der Waals surface area contributed by atoms with Crippen molar-refractivity contribution in [2.24, 2.45) is 10.9 Å². The number of nitrogens with zero attached hydrogens (tertiary/aromatic N) is 1. The molecule has 3 N–H and O–H groups in total. The number of carbonyl (C=O) groups is 1. The first-order valence-electron chi connectivity index (χ1n) is 8.46. The fourth-order valence-corrected chi connectivity index (χ4v) is 3.22. The number of guanidine groups is 1. The van der Waals surface area contributed by atoms with Crippen LogP contribution in [0.4, 0.5) is 0 Å².